The van der Waals surface area contributed by atoms with Gasteiger partial charge in [-0.2, -0.15) is 0 Å². The SMILES string of the molecule is CCc1ccc(CC(=O)N(C)c2ccc(N)cn2)cc1. The van der Waals surface area contributed by atoms with Crippen molar-refractivity contribution in [2.24, 2.45) is 0 Å². The molecular formula is C16H19N3O. The number of anilines is 2. The predicted molar refractivity (Wildman–Crippen MR) is 81.6 cm³/mol. The number of hydrogen-bond donors (Lipinski definition) is 1. The molecule has 1 aromatic carbocycles. The van der Waals surface area contributed by atoms with Gasteiger partial charge >= 0.3 is 0 Å². The lowest BCUT2D eigenvalue weighted by molar-refractivity contribution is -0.117. The Morgan fingerprint density at radius 1 is 1.15 bits per heavy atom. The standard InChI is InChI=1S/C16H19N3O/c1-3-12-4-6-13(7-5-12)10-16(20)19(2)15-9-8-14(17)11-18-15/h4-9,11H,3,10,17H2,1-2H3. The molecule has 20 heavy (non-hydrogen) atoms. The first kappa shape index (κ1) is 14.1. The molecule has 104 valence electrons. The number of pyridine rings is 1. The Morgan fingerprint density at radius 2 is 1.80 bits per heavy atom. The van der Waals surface area contributed by atoms with Gasteiger partial charge in [0.2, 0.25) is 5.91 Å². The van der Waals surface area contributed by atoms with Gasteiger partial charge in [0.25, 0.3) is 0 Å². The molecule has 0 aliphatic heterocycles. The highest BCUT2D eigenvalue weighted by atomic mass is 16.2. The number of likely N-dealkylation sites (N-methyl/N-ethyl adjacent to an activating group) is 1. The van der Waals surface area contributed by atoms with E-state index in [-0.39, 0.29) is 5.91 Å². The summed E-state index contributed by atoms with van der Waals surface area (Å²) in [4.78, 5) is 17.9. The van der Waals surface area contributed by atoms with Crippen LogP contribution in [0.4, 0.5) is 11.5 Å². The maximum absolute atomic E-state index is 12.2. The van der Waals surface area contributed by atoms with Crippen LogP contribution >= 0.6 is 0 Å². The second-order valence-corrected chi connectivity index (χ2v) is 4.75. The molecular weight excluding hydrogens is 250 g/mol. The fourth-order valence-corrected chi connectivity index (χ4v) is 1.91. The van der Waals surface area contributed by atoms with Crippen LogP contribution in [0.2, 0.25) is 0 Å². The minimum absolute atomic E-state index is 0.00604. The van der Waals surface area contributed by atoms with E-state index >= 15 is 0 Å². The van der Waals surface area contributed by atoms with Crippen LogP contribution < -0.4 is 10.6 Å². The normalized spacial score (nSPS) is 10.3. The highest BCUT2D eigenvalue weighted by Crippen LogP contribution is 2.13. The van der Waals surface area contributed by atoms with Crippen molar-refractivity contribution in [3.8, 4) is 0 Å². The van der Waals surface area contributed by atoms with Gasteiger partial charge in [-0.1, -0.05) is 31.2 Å². The Balaban J connectivity index is 2.05. The van der Waals surface area contributed by atoms with Gasteiger partial charge in [-0.15, -0.1) is 0 Å². The number of nitrogen functional groups attached to an aromatic ring is 1. The molecule has 0 atom stereocenters. The molecule has 0 fully saturated rings. The number of amides is 1. The number of carbonyl (C=O) groups is 1. The zero-order chi connectivity index (χ0) is 14.5. The fourth-order valence-electron chi connectivity index (χ4n) is 1.91. The molecule has 0 aliphatic carbocycles. The van der Waals surface area contributed by atoms with Crippen molar-refractivity contribution >= 4 is 17.4 Å². The van der Waals surface area contributed by atoms with Crippen molar-refractivity contribution in [2.75, 3.05) is 17.7 Å². The molecule has 1 amide bonds. The first-order valence-electron chi connectivity index (χ1n) is 6.66. The smallest absolute Gasteiger partial charge is 0.232 e. The van der Waals surface area contributed by atoms with Gasteiger partial charge < -0.3 is 5.73 Å². The third kappa shape index (κ3) is 3.35. The molecule has 0 unspecified atom stereocenters. The molecule has 0 spiro atoms. The number of aromatic nitrogens is 1. The maximum Gasteiger partial charge on any atom is 0.232 e. The van der Waals surface area contributed by atoms with Gasteiger partial charge in [0, 0.05) is 7.05 Å². The molecule has 2 aromatic rings. The van der Waals surface area contributed by atoms with Gasteiger partial charge in [0.15, 0.2) is 0 Å². The fraction of sp³-hybridized carbons (Fsp3) is 0.250. The molecule has 2 N–H and O–H groups in total. The Bertz CT molecular complexity index is 576. The van der Waals surface area contributed by atoms with Crippen LogP contribution in [0.1, 0.15) is 18.1 Å². The molecule has 4 nitrogen and oxygen atoms in total. The number of rotatable bonds is 4. The van der Waals surface area contributed by atoms with Crippen LogP contribution in [0.25, 0.3) is 0 Å². The zero-order valence-corrected chi connectivity index (χ0v) is 11.8. The van der Waals surface area contributed by atoms with Crippen molar-refractivity contribution in [1.29, 1.82) is 0 Å². The van der Waals surface area contributed by atoms with Crippen molar-refractivity contribution in [3.63, 3.8) is 0 Å². The highest BCUT2D eigenvalue weighted by molar-refractivity contribution is 5.93. The monoisotopic (exact) mass is 269 g/mol. The summed E-state index contributed by atoms with van der Waals surface area (Å²) >= 11 is 0. The van der Waals surface area contributed by atoms with E-state index < -0.39 is 0 Å². The lowest BCUT2D eigenvalue weighted by atomic mass is 10.1. The van der Waals surface area contributed by atoms with Crippen LogP contribution in [0.3, 0.4) is 0 Å². The molecule has 4 heteroatoms. The molecule has 2 rings (SSSR count). The van der Waals surface area contributed by atoms with E-state index in [1.807, 2.05) is 12.1 Å². The summed E-state index contributed by atoms with van der Waals surface area (Å²) in [5.41, 5.74) is 8.46. The largest absolute Gasteiger partial charge is 0.397 e. The second-order valence-electron chi connectivity index (χ2n) is 4.75. The van der Waals surface area contributed by atoms with Crippen LogP contribution in [0.5, 0.6) is 0 Å². The summed E-state index contributed by atoms with van der Waals surface area (Å²) in [5.74, 6) is 0.612. The molecule has 0 saturated heterocycles. The third-order valence-corrected chi connectivity index (χ3v) is 3.28. The van der Waals surface area contributed by atoms with E-state index in [2.05, 4.69) is 24.0 Å². The van der Waals surface area contributed by atoms with Crippen LogP contribution in [-0.2, 0) is 17.6 Å². The van der Waals surface area contributed by atoms with E-state index in [1.165, 1.54) is 5.56 Å². The van der Waals surface area contributed by atoms with Gasteiger partial charge in [-0.05, 0) is 29.7 Å². The van der Waals surface area contributed by atoms with Gasteiger partial charge in [0.05, 0.1) is 18.3 Å². The number of nitrogens with two attached hydrogens (primary N) is 1. The number of benzene rings is 1. The minimum Gasteiger partial charge on any atom is -0.397 e. The third-order valence-electron chi connectivity index (χ3n) is 3.28. The minimum atomic E-state index is 0.00604. The second kappa shape index (κ2) is 6.19. The van der Waals surface area contributed by atoms with E-state index in [0.29, 0.717) is 17.9 Å². The van der Waals surface area contributed by atoms with Crippen LogP contribution in [0.15, 0.2) is 42.6 Å². The highest BCUT2D eigenvalue weighted by Gasteiger charge is 2.12. The van der Waals surface area contributed by atoms with Gasteiger partial charge in [-0.25, -0.2) is 4.98 Å². The average molecular weight is 269 g/mol. The number of nitrogens with zero attached hydrogens (tertiary/aromatic N) is 2. The summed E-state index contributed by atoms with van der Waals surface area (Å²) < 4.78 is 0. The first-order chi connectivity index (χ1) is 9.60. The summed E-state index contributed by atoms with van der Waals surface area (Å²) in [6.45, 7) is 2.11. The lowest BCUT2D eigenvalue weighted by Crippen LogP contribution is -2.28. The van der Waals surface area contributed by atoms with Crippen molar-refractivity contribution in [1.82, 2.24) is 4.98 Å². The quantitative estimate of drug-likeness (QED) is 0.927. The summed E-state index contributed by atoms with van der Waals surface area (Å²) in [6, 6.07) is 11.6. The Morgan fingerprint density at radius 3 is 2.35 bits per heavy atom. The van der Waals surface area contributed by atoms with Crippen molar-refractivity contribution in [2.45, 2.75) is 19.8 Å². The topological polar surface area (TPSA) is 59.2 Å². The van der Waals surface area contributed by atoms with E-state index in [1.54, 1.807) is 30.3 Å². The Kier molecular flexibility index (Phi) is 4.35. The van der Waals surface area contributed by atoms with Crippen molar-refractivity contribution in [3.05, 3.63) is 53.7 Å². The van der Waals surface area contributed by atoms with E-state index in [4.69, 9.17) is 5.73 Å². The van der Waals surface area contributed by atoms with Crippen molar-refractivity contribution < 1.29 is 4.79 Å². The summed E-state index contributed by atoms with van der Waals surface area (Å²) in [6.07, 6.45) is 2.92. The first-order valence-corrected chi connectivity index (χ1v) is 6.66. The molecule has 1 heterocycles. The summed E-state index contributed by atoms with van der Waals surface area (Å²) in [7, 11) is 1.72. The zero-order valence-electron chi connectivity index (χ0n) is 11.8. The Labute approximate surface area is 119 Å². The van der Waals surface area contributed by atoms with E-state index in [9.17, 15) is 4.79 Å². The van der Waals surface area contributed by atoms with Gasteiger partial charge in [-0.3, -0.25) is 9.69 Å². The Hall–Kier alpha value is -2.36. The van der Waals surface area contributed by atoms with Crippen LogP contribution in [0, 0.1) is 0 Å². The maximum atomic E-state index is 12.2. The van der Waals surface area contributed by atoms with Crippen LogP contribution in [-0.4, -0.2) is 17.9 Å². The molecule has 0 saturated carbocycles. The lowest BCUT2D eigenvalue weighted by Gasteiger charge is -2.16. The molecule has 0 bridgehead atoms. The number of aryl methyl sites for hydroxylation is 1. The van der Waals surface area contributed by atoms with Gasteiger partial charge in [0.1, 0.15) is 5.82 Å². The number of carbonyl (C=O) groups excluding carboxylic acids is 1. The predicted octanol–water partition coefficient (Wildman–Crippen LogP) is 2.43. The summed E-state index contributed by atoms with van der Waals surface area (Å²) in [5, 5.41) is 0. The molecule has 0 radical (unpaired) electrons. The average Bonchev–Trinajstić information content (AvgIpc) is 2.48. The molecule has 0 aliphatic rings. The molecule has 1 aromatic heterocycles. The van der Waals surface area contributed by atoms with E-state index in [0.717, 1.165) is 12.0 Å². The number of hydrogen-bond acceptors (Lipinski definition) is 3.